The van der Waals surface area contributed by atoms with Crippen LogP contribution in [0, 0.1) is 0 Å². The number of hydrogen-bond acceptors (Lipinski definition) is 5. The lowest BCUT2D eigenvalue weighted by atomic mass is 10.2. The Balaban J connectivity index is 2.17. The first-order chi connectivity index (χ1) is 9.22. The van der Waals surface area contributed by atoms with E-state index in [1.807, 2.05) is 0 Å². The van der Waals surface area contributed by atoms with Gasteiger partial charge in [0.25, 0.3) is 0 Å². The van der Waals surface area contributed by atoms with Gasteiger partial charge in [-0.05, 0) is 20.4 Å². The summed E-state index contributed by atoms with van der Waals surface area (Å²) in [7, 11) is 2.16. The number of aromatic nitrogens is 2. The first kappa shape index (κ1) is 14.1. The standard InChI is InChI=1S/C14H25N5/c1-4-6-12-11-13(15-5-2)17-14(16-12)19-9-7-18(3)8-10-19/h11H,4-10H2,1-3H3,(H,15,16,17). The maximum absolute atomic E-state index is 4.71. The monoisotopic (exact) mass is 263 g/mol. The molecule has 1 N–H and O–H groups in total. The summed E-state index contributed by atoms with van der Waals surface area (Å²) in [4.78, 5) is 14.0. The van der Waals surface area contributed by atoms with Crippen LogP contribution in [0.3, 0.4) is 0 Å². The summed E-state index contributed by atoms with van der Waals surface area (Å²) in [6.07, 6.45) is 2.13. The number of hydrogen-bond donors (Lipinski definition) is 1. The fourth-order valence-corrected chi connectivity index (χ4v) is 2.29. The van der Waals surface area contributed by atoms with Gasteiger partial charge in [0.05, 0.1) is 0 Å². The normalized spacial score (nSPS) is 16.7. The molecule has 0 spiro atoms. The van der Waals surface area contributed by atoms with Crippen molar-refractivity contribution in [3.8, 4) is 0 Å². The van der Waals surface area contributed by atoms with Crippen LogP contribution in [0.25, 0.3) is 0 Å². The van der Waals surface area contributed by atoms with E-state index in [9.17, 15) is 0 Å². The molecule has 5 heteroatoms. The van der Waals surface area contributed by atoms with Crippen molar-refractivity contribution in [2.45, 2.75) is 26.7 Å². The minimum Gasteiger partial charge on any atom is -0.370 e. The fourth-order valence-electron chi connectivity index (χ4n) is 2.29. The molecule has 1 saturated heterocycles. The third kappa shape index (κ3) is 3.80. The van der Waals surface area contributed by atoms with E-state index in [1.54, 1.807) is 0 Å². The van der Waals surface area contributed by atoms with E-state index in [0.717, 1.165) is 63.0 Å². The lowest BCUT2D eigenvalue weighted by Crippen LogP contribution is -2.45. The molecule has 1 fully saturated rings. The van der Waals surface area contributed by atoms with Gasteiger partial charge in [0.15, 0.2) is 0 Å². The average molecular weight is 263 g/mol. The summed E-state index contributed by atoms with van der Waals surface area (Å²) in [5.41, 5.74) is 1.14. The van der Waals surface area contributed by atoms with Crippen molar-refractivity contribution >= 4 is 11.8 Å². The quantitative estimate of drug-likeness (QED) is 0.874. The highest BCUT2D eigenvalue weighted by molar-refractivity contribution is 5.44. The lowest BCUT2D eigenvalue weighted by molar-refractivity contribution is 0.311. The van der Waals surface area contributed by atoms with E-state index in [-0.39, 0.29) is 0 Å². The van der Waals surface area contributed by atoms with Crippen molar-refractivity contribution in [2.24, 2.45) is 0 Å². The molecule has 1 aliphatic rings. The van der Waals surface area contributed by atoms with Crippen LogP contribution in [-0.4, -0.2) is 54.6 Å². The molecule has 5 nitrogen and oxygen atoms in total. The summed E-state index contributed by atoms with van der Waals surface area (Å²) in [6.45, 7) is 9.36. The van der Waals surface area contributed by atoms with Gasteiger partial charge in [0.1, 0.15) is 5.82 Å². The third-order valence-corrected chi connectivity index (χ3v) is 3.42. The minimum absolute atomic E-state index is 0.884. The molecule has 2 heterocycles. The van der Waals surface area contributed by atoms with Gasteiger partial charge >= 0.3 is 0 Å². The SMILES string of the molecule is CCCc1cc(NCC)nc(N2CCN(C)CC2)n1. The van der Waals surface area contributed by atoms with Crippen molar-refractivity contribution in [3.63, 3.8) is 0 Å². The van der Waals surface area contributed by atoms with Crippen LogP contribution in [0.1, 0.15) is 26.0 Å². The Kier molecular flexibility index (Phi) is 4.96. The molecule has 106 valence electrons. The molecule has 19 heavy (non-hydrogen) atoms. The van der Waals surface area contributed by atoms with Crippen molar-refractivity contribution in [1.82, 2.24) is 14.9 Å². The second-order valence-corrected chi connectivity index (χ2v) is 5.12. The smallest absolute Gasteiger partial charge is 0.227 e. The molecule has 0 aromatic carbocycles. The number of aryl methyl sites for hydroxylation is 1. The van der Waals surface area contributed by atoms with Gasteiger partial charge in [0, 0.05) is 44.5 Å². The highest BCUT2D eigenvalue weighted by Gasteiger charge is 2.17. The molecule has 0 radical (unpaired) electrons. The van der Waals surface area contributed by atoms with E-state index >= 15 is 0 Å². The molecule has 0 amide bonds. The van der Waals surface area contributed by atoms with Gasteiger partial charge in [-0.2, -0.15) is 4.98 Å². The van der Waals surface area contributed by atoms with Crippen LogP contribution in [0.4, 0.5) is 11.8 Å². The predicted octanol–water partition coefficient (Wildman–Crippen LogP) is 1.61. The maximum atomic E-state index is 4.71. The Morgan fingerprint density at radius 3 is 2.53 bits per heavy atom. The number of likely N-dealkylation sites (N-methyl/N-ethyl adjacent to an activating group) is 1. The number of anilines is 2. The highest BCUT2D eigenvalue weighted by atomic mass is 15.3. The zero-order valence-electron chi connectivity index (χ0n) is 12.3. The van der Waals surface area contributed by atoms with Crippen LogP contribution < -0.4 is 10.2 Å². The predicted molar refractivity (Wildman–Crippen MR) is 79.9 cm³/mol. The molecule has 0 bridgehead atoms. The zero-order chi connectivity index (χ0) is 13.7. The van der Waals surface area contributed by atoms with Crippen molar-refractivity contribution in [1.29, 1.82) is 0 Å². The lowest BCUT2D eigenvalue weighted by Gasteiger charge is -2.32. The molecule has 2 rings (SSSR count). The average Bonchev–Trinajstić information content (AvgIpc) is 2.40. The second kappa shape index (κ2) is 6.70. The largest absolute Gasteiger partial charge is 0.370 e. The molecule has 1 aromatic rings. The Morgan fingerprint density at radius 1 is 1.16 bits per heavy atom. The fraction of sp³-hybridized carbons (Fsp3) is 0.714. The van der Waals surface area contributed by atoms with Gasteiger partial charge in [-0.1, -0.05) is 13.3 Å². The number of piperazine rings is 1. The van der Waals surface area contributed by atoms with E-state index in [4.69, 9.17) is 4.98 Å². The van der Waals surface area contributed by atoms with Crippen LogP contribution in [0.5, 0.6) is 0 Å². The molecular formula is C14H25N5. The van der Waals surface area contributed by atoms with E-state index in [1.165, 1.54) is 0 Å². The van der Waals surface area contributed by atoms with Crippen LogP contribution in [-0.2, 0) is 6.42 Å². The van der Waals surface area contributed by atoms with Crippen LogP contribution >= 0.6 is 0 Å². The molecule has 1 aliphatic heterocycles. The Bertz CT molecular complexity index is 375. The molecule has 0 atom stereocenters. The van der Waals surface area contributed by atoms with Gasteiger partial charge in [-0.3, -0.25) is 0 Å². The Labute approximate surface area is 116 Å². The van der Waals surface area contributed by atoms with Gasteiger partial charge in [-0.15, -0.1) is 0 Å². The first-order valence-electron chi connectivity index (χ1n) is 7.28. The van der Waals surface area contributed by atoms with Gasteiger partial charge in [0.2, 0.25) is 5.95 Å². The topological polar surface area (TPSA) is 44.3 Å². The van der Waals surface area contributed by atoms with Gasteiger partial charge < -0.3 is 15.1 Å². The minimum atomic E-state index is 0.884. The molecule has 0 unspecified atom stereocenters. The van der Waals surface area contributed by atoms with Crippen molar-refractivity contribution < 1.29 is 0 Å². The Hall–Kier alpha value is -1.36. The second-order valence-electron chi connectivity index (χ2n) is 5.12. The number of nitrogens with zero attached hydrogens (tertiary/aromatic N) is 4. The van der Waals surface area contributed by atoms with Crippen LogP contribution in [0.2, 0.25) is 0 Å². The highest BCUT2D eigenvalue weighted by Crippen LogP contribution is 2.16. The molecule has 0 aliphatic carbocycles. The first-order valence-corrected chi connectivity index (χ1v) is 7.28. The van der Waals surface area contributed by atoms with Crippen LogP contribution in [0.15, 0.2) is 6.07 Å². The van der Waals surface area contributed by atoms with Crippen molar-refractivity contribution in [2.75, 3.05) is 50.0 Å². The van der Waals surface area contributed by atoms with Gasteiger partial charge in [-0.25, -0.2) is 4.98 Å². The van der Waals surface area contributed by atoms with E-state index in [0.29, 0.717) is 0 Å². The summed E-state index contributed by atoms with van der Waals surface area (Å²) >= 11 is 0. The molecular weight excluding hydrogens is 238 g/mol. The number of nitrogens with one attached hydrogen (secondary N) is 1. The summed E-state index contributed by atoms with van der Waals surface area (Å²) in [5.74, 6) is 1.84. The van der Waals surface area contributed by atoms with Crippen molar-refractivity contribution in [3.05, 3.63) is 11.8 Å². The van der Waals surface area contributed by atoms with E-state index in [2.05, 4.69) is 47.1 Å². The number of rotatable bonds is 5. The zero-order valence-corrected chi connectivity index (χ0v) is 12.3. The summed E-state index contributed by atoms with van der Waals surface area (Å²) in [6, 6.07) is 2.08. The maximum Gasteiger partial charge on any atom is 0.227 e. The molecule has 1 aromatic heterocycles. The van der Waals surface area contributed by atoms with E-state index < -0.39 is 0 Å². The third-order valence-electron chi connectivity index (χ3n) is 3.42. The molecule has 0 saturated carbocycles. The summed E-state index contributed by atoms with van der Waals surface area (Å²) in [5, 5.41) is 3.31. The summed E-state index contributed by atoms with van der Waals surface area (Å²) < 4.78 is 0. The Morgan fingerprint density at radius 2 is 1.89 bits per heavy atom.